The summed E-state index contributed by atoms with van der Waals surface area (Å²) in [6.07, 6.45) is 9.14. The minimum Gasteiger partial charge on any atom is -0.388 e. The van der Waals surface area contributed by atoms with Crippen LogP contribution in [0.2, 0.25) is 0 Å². The van der Waals surface area contributed by atoms with Crippen LogP contribution in [0.4, 0.5) is 0 Å². The van der Waals surface area contributed by atoms with Crippen LogP contribution < -0.4 is 0 Å². The van der Waals surface area contributed by atoms with Crippen molar-refractivity contribution in [2.75, 3.05) is 7.05 Å². The average Bonchev–Trinajstić information content (AvgIpc) is 2.75. The molecule has 3 aliphatic carbocycles. The minimum absolute atomic E-state index is 0.0154. The van der Waals surface area contributed by atoms with Gasteiger partial charge < -0.3 is 10.0 Å². The molecule has 3 fully saturated rings. The number of carbonyl (C=O) groups excluding carboxylic acids is 1. The molecule has 0 aromatic rings. The number of aliphatic hydroxyl groups excluding tert-OH is 1. The first-order valence-electron chi connectivity index (χ1n) is 9.11. The molecular weight excluding hydrogens is 286 g/mol. The number of hydrogen-bond acceptors (Lipinski definition) is 2. The first-order valence-corrected chi connectivity index (χ1v) is 9.11. The number of fused-ring (bicyclic) bond motifs is 5. The number of carbonyl (C=O) groups is 1. The third-order valence-electron chi connectivity index (χ3n) is 8.06. The summed E-state index contributed by atoms with van der Waals surface area (Å²) in [7, 11) is 1.96. The van der Waals surface area contributed by atoms with Gasteiger partial charge in [0.25, 0.3) is 0 Å². The molecule has 0 radical (unpaired) electrons. The summed E-state index contributed by atoms with van der Waals surface area (Å²) in [6.45, 7) is 8.78. The lowest BCUT2D eigenvalue weighted by molar-refractivity contribution is -0.140. The molecule has 3 heteroatoms. The minimum atomic E-state index is -0.329. The molecule has 1 N–H and O–H groups in total. The van der Waals surface area contributed by atoms with Crippen LogP contribution in [0, 0.1) is 28.6 Å². The Bertz CT molecular complexity index is 596. The molecular formula is C20H29NO2. The molecule has 23 heavy (non-hydrogen) atoms. The normalized spacial score (nSPS) is 52.2. The van der Waals surface area contributed by atoms with Gasteiger partial charge in [0.2, 0.25) is 5.91 Å². The van der Waals surface area contributed by atoms with Crippen molar-refractivity contribution in [1.82, 2.24) is 4.90 Å². The smallest absolute Gasteiger partial charge is 0.246 e. The second-order valence-corrected chi connectivity index (χ2v) is 8.93. The molecule has 1 amide bonds. The molecule has 0 spiro atoms. The maximum atomic E-state index is 12.1. The first kappa shape index (κ1) is 15.4. The highest BCUT2D eigenvalue weighted by Crippen LogP contribution is 2.64. The number of nitrogens with zero attached hydrogens (tertiary/aromatic N) is 1. The van der Waals surface area contributed by atoms with Crippen LogP contribution in [0.3, 0.4) is 0 Å². The Hall–Kier alpha value is -1.09. The summed E-state index contributed by atoms with van der Waals surface area (Å²) in [5.41, 5.74) is 1.14. The van der Waals surface area contributed by atoms with Gasteiger partial charge in [-0.2, -0.15) is 0 Å². The van der Waals surface area contributed by atoms with Crippen LogP contribution >= 0.6 is 0 Å². The number of likely N-dealkylation sites (N-methyl/N-ethyl adjacent to an activating group) is 1. The largest absolute Gasteiger partial charge is 0.388 e. The molecule has 0 saturated heterocycles. The van der Waals surface area contributed by atoms with E-state index in [9.17, 15) is 9.90 Å². The number of rotatable bonds is 0. The van der Waals surface area contributed by atoms with Gasteiger partial charge in [0.1, 0.15) is 0 Å². The van der Waals surface area contributed by atoms with Crippen molar-refractivity contribution in [3.63, 3.8) is 0 Å². The van der Waals surface area contributed by atoms with Crippen molar-refractivity contribution in [2.24, 2.45) is 28.6 Å². The lowest BCUT2D eigenvalue weighted by Crippen LogP contribution is -2.59. The molecule has 1 heterocycles. The topological polar surface area (TPSA) is 40.5 Å². The van der Waals surface area contributed by atoms with E-state index in [0.29, 0.717) is 23.8 Å². The zero-order valence-corrected chi connectivity index (χ0v) is 14.6. The van der Waals surface area contributed by atoms with Gasteiger partial charge in [0, 0.05) is 23.9 Å². The van der Waals surface area contributed by atoms with E-state index in [4.69, 9.17) is 0 Å². The van der Waals surface area contributed by atoms with Crippen molar-refractivity contribution < 1.29 is 9.90 Å². The van der Waals surface area contributed by atoms with Crippen LogP contribution in [0.25, 0.3) is 0 Å². The van der Waals surface area contributed by atoms with Gasteiger partial charge in [0.05, 0.1) is 6.10 Å². The highest BCUT2D eigenvalue weighted by molar-refractivity contribution is 5.89. The number of amides is 1. The molecule has 0 aromatic heterocycles. The van der Waals surface area contributed by atoms with Gasteiger partial charge in [0.15, 0.2) is 0 Å². The van der Waals surface area contributed by atoms with E-state index in [1.807, 2.05) is 11.9 Å². The Morgan fingerprint density at radius 3 is 2.74 bits per heavy atom. The fourth-order valence-electron chi connectivity index (χ4n) is 6.67. The summed E-state index contributed by atoms with van der Waals surface area (Å²) >= 11 is 0. The average molecular weight is 315 g/mol. The Morgan fingerprint density at radius 2 is 2.00 bits per heavy atom. The molecule has 1 aliphatic heterocycles. The van der Waals surface area contributed by atoms with E-state index < -0.39 is 0 Å². The zero-order chi connectivity index (χ0) is 16.6. The van der Waals surface area contributed by atoms with Crippen LogP contribution in [-0.4, -0.2) is 35.1 Å². The Kier molecular flexibility index (Phi) is 3.17. The van der Waals surface area contributed by atoms with Crippen LogP contribution in [0.15, 0.2) is 24.3 Å². The Labute approximate surface area is 139 Å². The van der Waals surface area contributed by atoms with E-state index in [1.54, 1.807) is 6.08 Å². The standard InChI is InChI=1S/C20H29NO2/c1-12-11-15-13-5-6-16-19(2,10-8-17(22)21(16)4)14(13)7-9-20(15,3)18(12)23/h8,10,13-16,18,23H,1,5-7,9,11H2,2-4H3/t13?,14?,15-,16+,18-,19+,20-/m0/s1. The molecule has 3 saturated carbocycles. The number of aliphatic hydroxyl groups is 1. The highest BCUT2D eigenvalue weighted by Gasteiger charge is 2.61. The third-order valence-corrected chi connectivity index (χ3v) is 8.06. The van der Waals surface area contributed by atoms with Crippen LogP contribution in [0.1, 0.15) is 46.0 Å². The molecule has 0 aromatic carbocycles. The van der Waals surface area contributed by atoms with E-state index in [2.05, 4.69) is 26.5 Å². The molecule has 4 rings (SSSR count). The molecule has 0 bridgehead atoms. The molecule has 7 atom stereocenters. The van der Waals surface area contributed by atoms with E-state index in [0.717, 1.165) is 31.3 Å². The quantitative estimate of drug-likeness (QED) is 0.698. The summed E-state index contributed by atoms with van der Waals surface area (Å²) in [6, 6.07) is 0.333. The lowest BCUT2D eigenvalue weighted by Gasteiger charge is -2.59. The van der Waals surface area contributed by atoms with Crippen molar-refractivity contribution in [3.8, 4) is 0 Å². The second-order valence-electron chi connectivity index (χ2n) is 8.93. The summed E-state index contributed by atoms with van der Waals surface area (Å²) in [5.74, 6) is 1.97. The van der Waals surface area contributed by atoms with E-state index in [1.165, 1.54) is 6.42 Å². The highest BCUT2D eigenvalue weighted by atomic mass is 16.3. The maximum Gasteiger partial charge on any atom is 0.246 e. The molecule has 126 valence electrons. The van der Waals surface area contributed by atoms with Gasteiger partial charge >= 0.3 is 0 Å². The van der Waals surface area contributed by atoms with E-state index >= 15 is 0 Å². The predicted octanol–water partition coefficient (Wildman–Crippen LogP) is 3.15. The summed E-state index contributed by atoms with van der Waals surface area (Å²) < 4.78 is 0. The SMILES string of the molecule is C=C1C[C@H]2C3CC[C@H]4N(C)C(=O)C=C[C@]4(C)C3CC[C@]2(C)[C@H]1O. The van der Waals surface area contributed by atoms with Crippen molar-refractivity contribution in [1.29, 1.82) is 0 Å². The lowest BCUT2D eigenvalue weighted by atomic mass is 9.48. The van der Waals surface area contributed by atoms with Gasteiger partial charge in [-0.05, 0) is 61.5 Å². The van der Waals surface area contributed by atoms with Gasteiger partial charge in [-0.15, -0.1) is 0 Å². The van der Waals surface area contributed by atoms with Crippen molar-refractivity contribution >= 4 is 5.91 Å². The van der Waals surface area contributed by atoms with Crippen molar-refractivity contribution in [2.45, 2.75) is 58.1 Å². The monoisotopic (exact) mass is 315 g/mol. The molecule has 4 aliphatic rings. The third kappa shape index (κ3) is 1.83. The van der Waals surface area contributed by atoms with Crippen LogP contribution in [-0.2, 0) is 4.79 Å². The predicted molar refractivity (Wildman–Crippen MR) is 90.6 cm³/mol. The fourth-order valence-corrected chi connectivity index (χ4v) is 6.67. The summed E-state index contributed by atoms with van der Waals surface area (Å²) in [5, 5.41) is 10.6. The second kappa shape index (κ2) is 4.72. The Morgan fingerprint density at radius 1 is 1.26 bits per heavy atom. The van der Waals surface area contributed by atoms with Gasteiger partial charge in [-0.25, -0.2) is 0 Å². The summed E-state index contributed by atoms with van der Waals surface area (Å²) in [4.78, 5) is 14.0. The number of hydrogen-bond donors (Lipinski definition) is 1. The first-order chi connectivity index (χ1) is 10.8. The van der Waals surface area contributed by atoms with Gasteiger partial charge in [-0.1, -0.05) is 26.5 Å². The van der Waals surface area contributed by atoms with Crippen molar-refractivity contribution in [3.05, 3.63) is 24.3 Å². The molecule has 3 nitrogen and oxygen atoms in total. The fraction of sp³-hybridized carbons (Fsp3) is 0.750. The zero-order valence-electron chi connectivity index (χ0n) is 14.6. The van der Waals surface area contributed by atoms with E-state index in [-0.39, 0.29) is 22.8 Å². The maximum absolute atomic E-state index is 12.1. The molecule has 2 unspecified atom stereocenters. The Balaban J connectivity index is 1.71. The van der Waals surface area contributed by atoms with Gasteiger partial charge in [-0.3, -0.25) is 4.79 Å². The van der Waals surface area contributed by atoms with Crippen LogP contribution in [0.5, 0.6) is 0 Å².